The molecule has 0 fully saturated rings. The fourth-order valence-electron chi connectivity index (χ4n) is 2.55. The molecule has 0 spiro atoms. The first-order valence-electron chi connectivity index (χ1n) is 8.53. The number of amides is 2. The van der Waals surface area contributed by atoms with Gasteiger partial charge in [0, 0.05) is 18.2 Å². The van der Waals surface area contributed by atoms with Crippen LogP contribution in [0.1, 0.15) is 22.8 Å². The molecule has 0 aliphatic carbocycles. The van der Waals surface area contributed by atoms with Crippen LogP contribution in [-0.2, 0) is 11.3 Å². The van der Waals surface area contributed by atoms with Gasteiger partial charge in [-0.05, 0) is 25.1 Å². The SMILES string of the molecule is COc1cc(OC)c(OC)cc1CNC(=O)[C@H](C)NC(=O)c1ccccc1Cl. The Balaban J connectivity index is 2.03. The zero-order valence-corrected chi connectivity index (χ0v) is 16.9. The first-order valence-corrected chi connectivity index (χ1v) is 8.91. The molecule has 2 aromatic rings. The fourth-order valence-corrected chi connectivity index (χ4v) is 2.77. The molecule has 0 bridgehead atoms. The maximum absolute atomic E-state index is 12.4. The van der Waals surface area contributed by atoms with Crippen molar-refractivity contribution in [2.75, 3.05) is 21.3 Å². The van der Waals surface area contributed by atoms with Crippen LogP contribution in [-0.4, -0.2) is 39.2 Å². The summed E-state index contributed by atoms with van der Waals surface area (Å²) < 4.78 is 15.9. The minimum atomic E-state index is -0.755. The number of carbonyl (C=O) groups excluding carboxylic acids is 2. The monoisotopic (exact) mass is 406 g/mol. The van der Waals surface area contributed by atoms with Crippen LogP contribution < -0.4 is 24.8 Å². The predicted molar refractivity (Wildman–Crippen MR) is 106 cm³/mol. The van der Waals surface area contributed by atoms with Crippen LogP contribution >= 0.6 is 11.6 Å². The molecule has 150 valence electrons. The Labute approximate surface area is 168 Å². The topological polar surface area (TPSA) is 85.9 Å². The van der Waals surface area contributed by atoms with Crippen molar-refractivity contribution in [3.8, 4) is 17.2 Å². The minimum absolute atomic E-state index is 0.189. The maximum Gasteiger partial charge on any atom is 0.253 e. The smallest absolute Gasteiger partial charge is 0.253 e. The van der Waals surface area contributed by atoms with Gasteiger partial charge in [0.15, 0.2) is 11.5 Å². The van der Waals surface area contributed by atoms with Crippen molar-refractivity contribution in [3.05, 3.63) is 52.5 Å². The highest BCUT2D eigenvalue weighted by Crippen LogP contribution is 2.34. The molecule has 2 N–H and O–H groups in total. The largest absolute Gasteiger partial charge is 0.496 e. The summed E-state index contributed by atoms with van der Waals surface area (Å²) in [6.45, 7) is 1.78. The molecule has 0 aliphatic heterocycles. The number of rotatable bonds is 8. The van der Waals surface area contributed by atoms with E-state index in [0.29, 0.717) is 33.4 Å². The van der Waals surface area contributed by atoms with Crippen molar-refractivity contribution in [2.24, 2.45) is 0 Å². The molecule has 0 aliphatic rings. The van der Waals surface area contributed by atoms with Gasteiger partial charge in [0.1, 0.15) is 11.8 Å². The van der Waals surface area contributed by atoms with Gasteiger partial charge in [0.05, 0.1) is 31.9 Å². The molecule has 28 heavy (non-hydrogen) atoms. The van der Waals surface area contributed by atoms with Crippen molar-refractivity contribution in [1.29, 1.82) is 0 Å². The molecule has 0 saturated carbocycles. The van der Waals surface area contributed by atoms with Gasteiger partial charge in [-0.3, -0.25) is 9.59 Å². The van der Waals surface area contributed by atoms with E-state index in [1.54, 1.807) is 43.3 Å². The molecule has 0 heterocycles. The summed E-state index contributed by atoms with van der Waals surface area (Å²) in [5.74, 6) is 0.822. The van der Waals surface area contributed by atoms with E-state index in [4.69, 9.17) is 25.8 Å². The van der Waals surface area contributed by atoms with Gasteiger partial charge in [0.25, 0.3) is 5.91 Å². The van der Waals surface area contributed by atoms with Gasteiger partial charge < -0.3 is 24.8 Å². The third-order valence-corrected chi connectivity index (χ3v) is 4.43. The lowest BCUT2D eigenvalue weighted by Crippen LogP contribution is -2.44. The number of halogens is 1. The molecule has 2 amide bonds. The van der Waals surface area contributed by atoms with E-state index in [1.807, 2.05) is 0 Å². The molecule has 0 saturated heterocycles. The Hall–Kier alpha value is -2.93. The van der Waals surface area contributed by atoms with E-state index >= 15 is 0 Å². The number of nitrogens with one attached hydrogen (secondary N) is 2. The Bertz CT molecular complexity index is 856. The summed E-state index contributed by atoms with van der Waals surface area (Å²) in [5, 5.41) is 5.72. The van der Waals surface area contributed by atoms with Gasteiger partial charge >= 0.3 is 0 Å². The Morgan fingerprint density at radius 1 is 1.00 bits per heavy atom. The molecule has 8 heteroatoms. The zero-order chi connectivity index (χ0) is 20.7. The summed E-state index contributed by atoms with van der Waals surface area (Å²) in [6.07, 6.45) is 0. The number of hydrogen-bond acceptors (Lipinski definition) is 5. The molecule has 2 aromatic carbocycles. The molecular formula is C20H23ClN2O5. The standard InChI is InChI=1S/C20H23ClN2O5/c1-12(23-20(25)14-7-5-6-8-15(14)21)19(24)22-11-13-9-17(27-3)18(28-4)10-16(13)26-2/h5-10,12H,11H2,1-4H3,(H,22,24)(H,23,25)/t12-/m0/s1. The second-order valence-electron chi connectivity index (χ2n) is 5.91. The number of carbonyl (C=O) groups is 2. The van der Waals surface area contributed by atoms with Crippen LogP contribution in [0, 0.1) is 0 Å². The van der Waals surface area contributed by atoms with Crippen LogP contribution in [0.4, 0.5) is 0 Å². The molecule has 0 aromatic heterocycles. The van der Waals surface area contributed by atoms with Crippen LogP contribution in [0.3, 0.4) is 0 Å². The van der Waals surface area contributed by atoms with Gasteiger partial charge in [-0.2, -0.15) is 0 Å². The van der Waals surface area contributed by atoms with Gasteiger partial charge in [-0.1, -0.05) is 23.7 Å². The number of hydrogen-bond donors (Lipinski definition) is 2. The lowest BCUT2D eigenvalue weighted by Gasteiger charge is -2.17. The predicted octanol–water partition coefficient (Wildman–Crippen LogP) is 2.80. The van der Waals surface area contributed by atoms with E-state index in [9.17, 15) is 9.59 Å². The van der Waals surface area contributed by atoms with Crippen LogP contribution in [0.15, 0.2) is 36.4 Å². The third kappa shape index (κ3) is 5.07. The molecular weight excluding hydrogens is 384 g/mol. The normalized spacial score (nSPS) is 11.3. The molecule has 0 unspecified atom stereocenters. The number of benzene rings is 2. The number of ether oxygens (including phenoxy) is 3. The second kappa shape index (κ2) is 9.85. The van der Waals surface area contributed by atoms with Crippen molar-refractivity contribution in [1.82, 2.24) is 10.6 Å². The van der Waals surface area contributed by atoms with Gasteiger partial charge in [0.2, 0.25) is 5.91 Å². The average Bonchev–Trinajstić information content (AvgIpc) is 2.71. The molecule has 0 radical (unpaired) electrons. The summed E-state index contributed by atoms with van der Waals surface area (Å²) >= 11 is 6.01. The van der Waals surface area contributed by atoms with E-state index in [0.717, 1.165) is 0 Å². The average molecular weight is 407 g/mol. The lowest BCUT2D eigenvalue weighted by molar-refractivity contribution is -0.122. The fraction of sp³-hybridized carbons (Fsp3) is 0.300. The van der Waals surface area contributed by atoms with Crippen LogP contribution in [0.25, 0.3) is 0 Å². The Kier molecular flexibility index (Phi) is 7.52. The molecule has 1 atom stereocenters. The third-order valence-electron chi connectivity index (χ3n) is 4.10. The maximum atomic E-state index is 12.4. The number of methoxy groups -OCH3 is 3. The first kappa shape index (κ1) is 21.4. The van der Waals surface area contributed by atoms with E-state index in [1.165, 1.54) is 21.3 Å². The van der Waals surface area contributed by atoms with Crippen molar-refractivity contribution < 1.29 is 23.8 Å². The quantitative estimate of drug-likeness (QED) is 0.704. The highest BCUT2D eigenvalue weighted by Gasteiger charge is 2.19. The highest BCUT2D eigenvalue weighted by atomic mass is 35.5. The van der Waals surface area contributed by atoms with E-state index in [2.05, 4.69) is 10.6 Å². The van der Waals surface area contributed by atoms with E-state index in [-0.39, 0.29) is 12.5 Å². The van der Waals surface area contributed by atoms with Gasteiger partial charge in [-0.25, -0.2) is 0 Å². The van der Waals surface area contributed by atoms with Crippen LogP contribution in [0.2, 0.25) is 5.02 Å². The summed E-state index contributed by atoms with van der Waals surface area (Å²) in [5.41, 5.74) is 1.02. The van der Waals surface area contributed by atoms with Crippen LogP contribution in [0.5, 0.6) is 17.2 Å². The van der Waals surface area contributed by atoms with Crippen molar-refractivity contribution >= 4 is 23.4 Å². The Morgan fingerprint density at radius 3 is 2.21 bits per heavy atom. The molecule has 7 nitrogen and oxygen atoms in total. The van der Waals surface area contributed by atoms with Crippen molar-refractivity contribution in [3.63, 3.8) is 0 Å². The zero-order valence-electron chi connectivity index (χ0n) is 16.2. The summed E-state index contributed by atoms with van der Waals surface area (Å²) in [7, 11) is 4.58. The second-order valence-corrected chi connectivity index (χ2v) is 6.32. The summed E-state index contributed by atoms with van der Waals surface area (Å²) in [4.78, 5) is 24.7. The Morgan fingerprint density at radius 2 is 1.61 bits per heavy atom. The summed E-state index contributed by atoms with van der Waals surface area (Å²) in [6, 6.07) is 9.30. The van der Waals surface area contributed by atoms with Crippen molar-refractivity contribution in [2.45, 2.75) is 19.5 Å². The first-order chi connectivity index (χ1) is 13.4. The molecule has 2 rings (SSSR count). The van der Waals surface area contributed by atoms with Gasteiger partial charge in [-0.15, -0.1) is 0 Å². The lowest BCUT2D eigenvalue weighted by atomic mass is 10.1. The highest BCUT2D eigenvalue weighted by molar-refractivity contribution is 6.33. The van der Waals surface area contributed by atoms with E-state index < -0.39 is 11.9 Å². The minimum Gasteiger partial charge on any atom is -0.496 e.